The zero-order valence-electron chi connectivity index (χ0n) is 20.0. The molecular weight excluding hydrogens is 414 g/mol. The first-order valence-corrected chi connectivity index (χ1v) is 11.8. The van der Waals surface area contributed by atoms with Crippen LogP contribution in [0.2, 0.25) is 0 Å². The van der Waals surface area contributed by atoms with E-state index in [2.05, 4.69) is 133 Å². The summed E-state index contributed by atoms with van der Waals surface area (Å²) < 4.78 is 2.20. The van der Waals surface area contributed by atoms with Gasteiger partial charge in [-0.3, -0.25) is 4.40 Å². The van der Waals surface area contributed by atoms with Crippen LogP contribution in [-0.2, 0) is 5.41 Å². The predicted octanol–water partition coefficient (Wildman–Crippen LogP) is 7.98. The first-order chi connectivity index (χ1) is 16.4. The van der Waals surface area contributed by atoms with Crippen LogP contribution in [0.4, 0.5) is 0 Å². The SMILES string of the molecule is Cc1ccc(-c2nnc3c4ccccc4c4cc(-c5ccc(C(C)(C)C)cc5)ccc4n23)cc1. The first kappa shape index (κ1) is 20.6. The lowest BCUT2D eigenvalue weighted by Gasteiger charge is -2.19. The van der Waals surface area contributed by atoms with Gasteiger partial charge in [-0.2, -0.15) is 0 Å². The third-order valence-electron chi connectivity index (χ3n) is 6.75. The largest absolute Gasteiger partial charge is 0.274 e. The van der Waals surface area contributed by atoms with Crippen LogP contribution < -0.4 is 0 Å². The van der Waals surface area contributed by atoms with E-state index in [0.717, 1.165) is 27.9 Å². The Bertz CT molecular complexity index is 1670. The normalized spacial score (nSPS) is 12.1. The molecule has 0 atom stereocenters. The number of aromatic nitrogens is 3. The lowest BCUT2D eigenvalue weighted by molar-refractivity contribution is 0.590. The highest BCUT2D eigenvalue weighted by molar-refractivity contribution is 6.13. The summed E-state index contributed by atoms with van der Waals surface area (Å²) in [5, 5.41) is 12.8. The van der Waals surface area contributed by atoms with E-state index in [1.54, 1.807) is 0 Å². The zero-order valence-corrected chi connectivity index (χ0v) is 20.0. The standard InChI is InChI=1S/C31H27N3/c1-20-9-11-22(12-10-20)29-32-33-30-26-8-6-5-7-25(26)27-19-23(15-18-28(27)34(29)30)21-13-16-24(17-14-21)31(2,3)4/h5-19H,1-4H3. The van der Waals surface area contributed by atoms with E-state index in [1.165, 1.54) is 33.0 Å². The summed E-state index contributed by atoms with van der Waals surface area (Å²) in [6.45, 7) is 8.85. The van der Waals surface area contributed by atoms with Gasteiger partial charge < -0.3 is 0 Å². The van der Waals surface area contributed by atoms with Gasteiger partial charge in [-0.25, -0.2) is 0 Å². The van der Waals surface area contributed by atoms with Crippen LogP contribution in [0.3, 0.4) is 0 Å². The highest BCUT2D eigenvalue weighted by Gasteiger charge is 2.17. The number of hydrogen-bond donors (Lipinski definition) is 0. The van der Waals surface area contributed by atoms with Crippen LogP contribution in [-0.4, -0.2) is 14.6 Å². The van der Waals surface area contributed by atoms with Gasteiger partial charge in [-0.05, 0) is 46.5 Å². The van der Waals surface area contributed by atoms with Gasteiger partial charge in [0.25, 0.3) is 0 Å². The fourth-order valence-corrected chi connectivity index (χ4v) is 4.78. The van der Waals surface area contributed by atoms with Gasteiger partial charge in [0, 0.05) is 16.3 Å². The van der Waals surface area contributed by atoms with Crippen molar-refractivity contribution in [3.8, 4) is 22.5 Å². The molecule has 0 N–H and O–H groups in total. The van der Waals surface area contributed by atoms with Gasteiger partial charge in [-0.15, -0.1) is 10.2 Å². The molecule has 4 aromatic carbocycles. The number of pyridine rings is 1. The lowest BCUT2D eigenvalue weighted by Crippen LogP contribution is -2.10. The lowest BCUT2D eigenvalue weighted by atomic mass is 9.86. The third kappa shape index (κ3) is 3.28. The highest BCUT2D eigenvalue weighted by atomic mass is 15.2. The van der Waals surface area contributed by atoms with Gasteiger partial charge in [0.1, 0.15) is 0 Å². The molecule has 0 aliphatic heterocycles. The van der Waals surface area contributed by atoms with Crippen LogP contribution in [0.25, 0.3) is 49.8 Å². The average Bonchev–Trinajstić information content (AvgIpc) is 3.29. The Morgan fingerprint density at radius 1 is 0.618 bits per heavy atom. The molecular formula is C31H27N3. The van der Waals surface area contributed by atoms with Crippen LogP contribution in [0, 0.1) is 6.92 Å². The molecule has 6 rings (SSSR count). The molecule has 0 fully saturated rings. The van der Waals surface area contributed by atoms with E-state index in [4.69, 9.17) is 0 Å². The highest BCUT2D eigenvalue weighted by Crippen LogP contribution is 2.35. The fourth-order valence-electron chi connectivity index (χ4n) is 4.78. The molecule has 0 aliphatic rings. The van der Waals surface area contributed by atoms with Crippen molar-refractivity contribution in [2.75, 3.05) is 0 Å². The Balaban J connectivity index is 1.62. The third-order valence-corrected chi connectivity index (χ3v) is 6.75. The average molecular weight is 442 g/mol. The van der Waals surface area contributed by atoms with Gasteiger partial charge in [0.05, 0.1) is 5.52 Å². The quantitative estimate of drug-likeness (QED) is 0.255. The van der Waals surface area contributed by atoms with E-state index in [1.807, 2.05) is 0 Å². The summed E-state index contributed by atoms with van der Waals surface area (Å²) in [7, 11) is 0. The smallest absolute Gasteiger partial charge is 0.169 e. The van der Waals surface area contributed by atoms with Crippen molar-refractivity contribution in [1.29, 1.82) is 0 Å². The van der Waals surface area contributed by atoms with E-state index >= 15 is 0 Å². The summed E-state index contributed by atoms with van der Waals surface area (Å²) in [6.07, 6.45) is 0. The zero-order chi connectivity index (χ0) is 23.4. The van der Waals surface area contributed by atoms with Crippen LogP contribution in [0.5, 0.6) is 0 Å². The van der Waals surface area contributed by atoms with Crippen molar-refractivity contribution in [3.05, 3.63) is 102 Å². The molecule has 34 heavy (non-hydrogen) atoms. The van der Waals surface area contributed by atoms with Crippen LogP contribution in [0.15, 0.2) is 91.0 Å². The van der Waals surface area contributed by atoms with E-state index < -0.39 is 0 Å². The Kier molecular flexibility index (Phi) is 4.56. The molecule has 0 aliphatic carbocycles. The van der Waals surface area contributed by atoms with Gasteiger partial charge in [-0.1, -0.05) is 105 Å². The molecule has 0 amide bonds. The molecule has 3 heteroatoms. The molecule has 6 aromatic rings. The van der Waals surface area contributed by atoms with Crippen molar-refractivity contribution in [2.45, 2.75) is 33.1 Å². The summed E-state index contributed by atoms with van der Waals surface area (Å²) in [4.78, 5) is 0. The van der Waals surface area contributed by atoms with Crippen molar-refractivity contribution in [1.82, 2.24) is 14.6 Å². The van der Waals surface area contributed by atoms with E-state index in [-0.39, 0.29) is 5.41 Å². The number of hydrogen-bond acceptors (Lipinski definition) is 2. The summed E-state index contributed by atoms with van der Waals surface area (Å²) in [5.74, 6) is 0.869. The molecule has 166 valence electrons. The van der Waals surface area contributed by atoms with Gasteiger partial charge in [0.2, 0.25) is 0 Å². The maximum absolute atomic E-state index is 4.62. The summed E-state index contributed by atoms with van der Waals surface area (Å²) >= 11 is 0. The molecule has 2 heterocycles. The topological polar surface area (TPSA) is 30.2 Å². The van der Waals surface area contributed by atoms with Crippen molar-refractivity contribution in [3.63, 3.8) is 0 Å². The van der Waals surface area contributed by atoms with Gasteiger partial charge in [0.15, 0.2) is 11.5 Å². The molecule has 0 spiro atoms. The molecule has 2 aromatic heterocycles. The second kappa shape index (κ2) is 7.53. The second-order valence-electron chi connectivity index (χ2n) is 10.2. The fraction of sp³-hybridized carbons (Fsp3) is 0.161. The molecule has 0 radical (unpaired) electrons. The monoisotopic (exact) mass is 441 g/mol. The Morgan fingerprint density at radius 2 is 1.26 bits per heavy atom. The first-order valence-electron chi connectivity index (χ1n) is 11.8. The number of benzene rings is 4. The van der Waals surface area contributed by atoms with Crippen LogP contribution >= 0.6 is 0 Å². The van der Waals surface area contributed by atoms with E-state index in [0.29, 0.717) is 0 Å². The van der Waals surface area contributed by atoms with Crippen LogP contribution in [0.1, 0.15) is 31.9 Å². The number of rotatable bonds is 2. The maximum atomic E-state index is 4.62. The Labute approximate surface area is 199 Å². The predicted molar refractivity (Wildman–Crippen MR) is 142 cm³/mol. The molecule has 0 saturated carbocycles. The molecule has 0 saturated heterocycles. The second-order valence-corrected chi connectivity index (χ2v) is 10.2. The summed E-state index contributed by atoms with van der Waals surface area (Å²) in [5.41, 5.74) is 8.22. The van der Waals surface area contributed by atoms with E-state index in [9.17, 15) is 0 Å². The molecule has 0 unspecified atom stereocenters. The minimum Gasteiger partial charge on any atom is -0.274 e. The van der Waals surface area contributed by atoms with Crippen molar-refractivity contribution < 1.29 is 0 Å². The van der Waals surface area contributed by atoms with Gasteiger partial charge >= 0.3 is 0 Å². The minimum atomic E-state index is 0.143. The Morgan fingerprint density at radius 3 is 1.97 bits per heavy atom. The number of nitrogens with zero attached hydrogens (tertiary/aromatic N) is 3. The summed E-state index contributed by atoms with van der Waals surface area (Å²) in [6, 6.07) is 32.7. The van der Waals surface area contributed by atoms with Crippen molar-refractivity contribution in [2.24, 2.45) is 0 Å². The number of aryl methyl sites for hydroxylation is 1. The van der Waals surface area contributed by atoms with Crippen molar-refractivity contribution >= 4 is 27.3 Å². The molecule has 3 nitrogen and oxygen atoms in total. The molecule has 0 bridgehead atoms. The number of fused-ring (bicyclic) bond motifs is 6. The minimum absolute atomic E-state index is 0.143. The maximum Gasteiger partial charge on any atom is 0.169 e. The Hall–Kier alpha value is -3.98.